The van der Waals surface area contributed by atoms with Crippen molar-refractivity contribution < 1.29 is 0 Å². The number of nitrogen functional groups attached to an aromatic ring is 1. The van der Waals surface area contributed by atoms with Crippen LogP contribution in [-0.2, 0) is 6.42 Å². The van der Waals surface area contributed by atoms with Crippen molar-refractivity contribution in [3.63, 3.8) is 0 Å². The zero-order chi connectivity index (χ0) is 14.0. The fraction of sp³-hybridized carbons (Fsp3) is 0.714. The van der Waals surface area contributed by atoms with Gasteiger partial charge in [-0.15, -0.1) is 0 Å². The third-order valence-electron chi connectivity index (χ3n) is 3.95. The van der Waals surface area contributed by atoms with Crippen LogP contribution in [0.4, 0.5) is 11.6 Å². The van der Waals surface area contributed by atoms with Gasteiger partial charge in [0, 0.05) is 18.0 Å². The molecule has 1 fully saturated rings. The summed E-state index contributed by atoms with van der Waals surface area (Å²) in [6, 6.07) is 0.499. The van der Waals surface area contributed by atoms with E-state index in [2.05, 4.69) is 34.6 Å². The molecule has 2 rings (SSSR count). The van der Waals surface area contributed by atoms with Crippen molar-refractivity contribution in [2.75, 3.05) is 10.7 Å². The Morgan fingerprint density at radius 1 is 1.32 bits per heavy atom. The average molecular weight is 263 g/mol. The summed E-state index contributed by atoms with van der Waals surface area (Å²) in [5, 5.41) is 3.57. The van der Waals surface area contributed by atoms with Gasteiger partial charge < -0.3 is 10.7 Å². The Labute approximate surface area is 115 Å². The second-order valence-electron chi connectivity index (χ2n) is 6.21. The van der Waals surface area contributed by atoms with Crippen molar-refractivity contribution in [3.05, 3.63) is 11.4 Å². The van der Waals surface area contributed by atoms with Crippen LogP contribution in [0.1, 0.15) is 51.4 Å². The van der Waals surface area contributed by atoms with Gasteiger partial charge in [0.25, 0.3) is 0 Å². The Kier molecular flexibility index (Phi) is 3.94. The smallest absolute Gasteiger partial charge is 0.148 e. The number of nitrogens with two attached hydrogens (primary N) is 1. The molecule has 1 atom stereocenters. The Hall–Kier alpha value is -1.36. The maximum Gasteiger partial charge on any atom is 0.148 e. The van der Waals surface area contributed by atoms with Crippen LogP contribution in [0.2, 0.25) is 0 Å². The summed E-state index contributed by atoms with van der Waals surface area (Å²) < 4.78 is 0. The summed E-state index contributed by atoms with van der Waals surface area (Å²) >= 11 is 0. The summed E-state index contributed by atoms with van der Waals surface area (Å²) in [6.45, 7) is 8.70. The van der Waals surface area contributed by atoms with Crippen LogP contribution in [-0.4, -0.2) is 16.0 Å². The number of aromatic nitrogens is 2. The SMILES string of the molecule is CCc1nc(NN)c(C)c(NC2CCC(C)(C)C2)n1. The minimum atomic E-state index is 0.432. The number of aryl methyl sites for hydroxylation is 1. The molecule has 0 saturated heterocycles. The maximum absolute atomic E-state index is 5.53. The molecule has 0 aliphatic heterocycles. The molecule has 1 aromatic heterocycles. The quantitative estimate of drug-likeness (QED) is 0.575. The summed E-state index contributed by atoms with van der Waals surface area (Å²) in [4.78, 5) is 8.98. The number of anilines is 2. The van der Waals surface area contributed by atoms with E-state index >= 15 is 0 Å². The average Bonchev–Trinajstić information content (AvgIpc) is 2.71. The first-order valence-corrected chi connectivity index (χ1v) is 7.06. The van der Waals surface area contributed by atoms with Gasteiger partial charge in [0.2, 0.25) is 0 Å². The topological polar surface area (TPSA) is 75.9 Å². The third kappa shape index (κ3) is 3.15. The van der Waals surface area contributed by atoms with Crippen molar-refractivity contribution in [2.45, 2.75) is 59.4 Å². The first-order chi connectivity index (χ1) is 8.95. The summed E-state index contributed by atoms with van der Waals surface area (Å²) in [6.07, 6.45) is 4.45. The van der Waals surface area contributed by atoms with E-state index in [1.54, 1.807) is 0 Å². The second kappa shape index (κ2) is 5.33. The zero-order valence-corrected chi connectivity index (χ0v) is 12.4. The van der Waals surface area contributed by atoms with Gasteiger partial charge in [-0.1, -0.05) is 20.8 Å². The molecule has 1 aliphatic carbocycles. The molecule has 19 heavy (non-hydrogen) atoms. The molecular formula is C14H25N5. The lowest BCUT2D eigenvalue weighted by Gasteiger charge is -2.20. The first-order valence-electron chi connectivity index (χ1n) is 7.06. The largest absolute Gasteiger partial charge is 0.367 e. The van der Waals surface area contributed by atoms with Crippen LogP contribution < -0.4 is 16.6 Å². The van der Waals surface area contributed by atoms with E-state index in [-0.39, 0.29) is 0 Å². The molecule has 1 heterocycles. The highest BCUT2D eigenvalue weighted by atomic mass is 15.3. The summed E-state index contributed by atoms with van der Waals surface area (Å²) in [5.74, 6) is 7.98. The molecule has 4 N–H and O–H groups in total. The Bertz CT molecular complexity index is 455. The molecule has 0 bridgehead atoms. The molecule has 1 saturated carbocycles. The number of hydrogen-bond donors (Lipinski definition) is 3. The standard InChI is InChI=1S/C14H25N5/c1-5-11-17-12(9(2)13(18-11)19-15)16-10-6-7-14(3,4)8-10/h10H,5-8,15H2,1-4H3,(H2,16,17,18,19). The van der Waals surface area contributed by atoms with Crippen LogP contribution in [0.25, 0.3) is 0 Å². The maximum atomic E-state index is 5.53. The van der Waals surface area contributed by atoms with E-state index in [1.807, 2.05) is 13.8 Å². The van der Waals surface area contributed by atoms with Crippen LogP contribution in [0, 0.1) is 12.3 Å². The monoisotopic (exact) mass is 263 g/mol. The number of hydrogen-bond acceptors (Lipinski definition) is 5. The van der Waals surface area contributed by atoms with Gasteiger partial charge in [0.05, 0.1) is 0 Å². The van der Waals surface area contributed by atoms with Crippen LogP contribution >= 0.6 is 0 Å². The summed E-state index contributed by atoms with van der Waals surface area (Å²) in [5.41, 5.74) is 4.08. The molecule has 1 aliphatic rings. The molecule has 0 aromatic carbocycles. The van der Waals surface area contributed by atoms with E-state index in [1.165, 1.54) is 19.3 Å². The molecule has 5 nitrogen and oxygen atoms in total. The highest BCUT2D eigenvalue weighted by Crippen LogP contribution is 2.38. The van der Waals surface area contributed by atoms with E-state index < -0.39 is 0 Å². The van der Waals surface area contributed by atoms with Gasteiger partial charge >= 0.3 is 0 Å². The Morgan fingerprint density at radius 3 is 2.53 bits per heavy atom. The molecule has 106 valence electrons. The fourth-order valence-corrected chi connectivity index (χ4v) is 2.75. The Morgan fingerprint density at radius 2 is 2.00 bits per heavy atom. The minimum absolute atomic E-state index is 0.432. The lowest BCUT2D eigenvalue weighted by atomic mass is 9.92. The van der Waals surface area contributed by atoms with Crippen molar-refractivity contribution >= 4 is 11.6 Å². The first kappa shape index (κ1) is 14.1. The number of nitrogens with zero attached hydrogens (tertiary/aromatic N) is 2. The third-order valence-corrected chi connectivity index (χ3v) is 3.95. The van der Waals surface area contributed by atoms with Gasteiger partial charge in [-0.3, -0.25) is 0 Å². The van der Waals surface area contributed by atoms with E-state index in [9.17, 15) is 0 Å². The molecule has 0 amide bonds. The van der Waals surface area contributed by atoms with Crippen molar-refractivity contribution in [1.82, 2.24) is 9.97 Å². The Balaban J connectivity index is 2.20. The lowest BCUT2D eigenvalue weighted by molar-refractivity contribution is 0.378. The number of hydrazine groups is 1. The fourth-order valence-electron chi connectivity index (χ4n) is 2.75. The van der Waals surface area contributed by atoms with Crippen LogP contribution in [0.5, 0.6) is 0 Å². The molecule has 0 radical (unpaired) electrons. The number of rotatable bonds is 4. The van der Waals surface area contributed by atoms with Crippen molar-refractivity contribution in [2.24, 2.45) is 11.3 Å². The molecule has 0 spiro atoms. The molecule has 5 heteroatoms. The van der Waals surface area contributed by atoms with Gasteiger partial charge in [-0.2, -0.15) is 0 Å². The van der Waals surface area contributed by atoms with Crippen molar-refractivity contribution in [3.8, 4) is 0 Å². The van der Waals surface area contributed by atoms with E-state index in [4.69, 9.17) is 5.84 Å². The van der Waals surface area contributed by atoms with Crippen LogP contribution in [0.15, 0.2) is 0 Å². The predicted octanol–water partition coefficient (Wildman–Crippen LogP) is 2.62. The van der Waals surface area contributed by atoms with Gasteiger partial charge in [0.1, 0.15) is 17.5 Å². The van der Waals surface area contributed by atoms with Gasteiger partial charge in [-0.25, -0.2) is 15.8 Å². The second-order valence-corrected chi connectivity index (χ2v) is 6.21. The van der Waals surface area contributed by atoms with E-state index in [0.717, 1.165) is 23.6 Å². The number of nitrogens with one attached hydrogen (secondary N) is 2. The zero-order valence-electron chi connectivity index (χ0n) is 12.4. The molecular weight excluding hydrogens is 238 g/mol. The normalized spacial score (nSPS) is 21.4. The lowest BCUT2D eigenvalue weighted by Crippen LogP contribution is -2.21. The molecule has 1 aromatic rings. The highest BCUT2D eigenvalue weighted by molar-refractivity contribution is 5.57. The van der Waals surface area contributed by atoms with Gasteiger partial charge in [-0.05, 0) is 31.6 Å². The molecule has 1 unspecified atom stereocenters. The minimum Gasteiger partial charge on any atom is -0.367 e. The van der Waals surface area contributed by atoms with E-state index in [0.29, 0.717) is 17.3 Å². The van der Waals surface area contributed by atoms with Crippen molar-refractivity contribution in [1.29, 1.82) is 0 Å². The van der Waals surface area contributed by atoms with Gasteiger partial charge in [0.15, 0.2) is 0 Å². The summed E-state index contributed by atoms with van der Waals surface area (Å²) in [7, 11) is 0. The highest BCUT2D eigenvalue weighted by Gasteiger charge is 2.31. The van der Waals surface area contributed by atoms with Crippen LogP contribution in [0.3, 0.4) is 0 Å². The predicted molar refractivity (Wildman–Crippen MR) is 79.0 cm³/mol.